The Labute approximate surface area is 143 Å². The van der Waals surface area contributed by atoms with Crippen LogP contribution < -0.4 is 5.32 Å². The maximum atomic E-state index is 12.9. The fourth-order valence-electron chi connectivity index (χ4n) is 3.37. The molecule has 0 aliphatic carbocycles. The number of hydrogen-bond donors (Lipinski definition) is 2. The van der Waals surface area contributed by atoms with Crippen LogP contribution in [0, 0.1) is 0 Å². The molecule has 1 aromatic heterocycles. The molecule has 0 spiro atoms. The normalized spacial score (nSPS) is 15.4. The molecule has 1 amide bonds. The largest absolute Gasteiger partial charge is 0.361 e. The van der Waals surface area contributed by atoms with Gasteiger partial charge in [-0.25, -0.2) is 4.99 Å². The van der Waals surface area contributed by atoms with Crippen LogP contribution >= 0.6 is 0 Å². The quantitative estimate of drug-likeness (QED) is 0.720. The minimum atomic E-state index is -0.172. The predicted molar refractivity (Wildman–Crippen MR) is 97.4 cm³/mol. The monoisotopic (exact) mass is 329 g/mol. The highest BCUT2D eigenvalue weighted by atomic mass is 16.1. The topological polar surface area (TPSA) is 72.8 Å². The van der Waals surface area contributed by atoms with Crippen LogP contribution in [0.2, 0.25) is 0 Å². The van der Waals surface area contributed by atoms with E-state index < -0.39 is 0 Å². The first-order chi connectivity index (χ1) is 12.3. The van der Waals surface area contributed by atoms with Crippen molar-refractivity contribution in [2.45, 2.75) is 0 Å². The van der Waals surface area contributed by atoms with E-state index in [2.05, 4.69) is 20.3 Å². The number of carbonyl (C=O) groups is 1. The van der Waals surface area contributed by atoms with E-state index in [9.17, 15) is 4.79 Å². The van der Waals surface area contributed by atoms with Gasteiger partial charge < -0.3 is 4.98 Å². The van der Waals surface area contributed by atoms with Crippen LogP contribution in [-0.4, -0.2) is 40.7 Å². The molecule has 0 atom stereocenters. The summed E-state index contributed by atoms with van der Waals surface area (Å²) < 4.78 is 0. The number of benzene rings is 2. The molecule has 2 N–H and O–H groups in total. The van der Waals surface area contributed by atoms with Crippen LogP contribution in [0.1, 0.15) is 15.9 Å². The highest BCUT2D eigenvalue weighted by Crippen LogP contribution is 2.28. The van der Waals surface area contributed by atoms with Gasteiger partial charge in [0.25, 0.3) is 5.91 Å². The Morgan fingerprint density at radius 2 is 2.04 bits per heavy atom. The van der Waals surface area contributed by atoms with Crippen molar-refractivity contribution in [2.24, 2.45) is 9.98 Å². The molecule has 0 bridgehead atoms. The molecule has 3 heterocycles. The fourth-order valence-corrected chi connectivity index (χ4v) is 3.37. The minimum Gasteiger partial charge on any atom is -0.361 e. The Hall–Kier alpha value is -3.41. The van der Waals surface area contributed by atoms with Crippen molar-refractivity contribution in [1.29, 1.82) is 0 Å². The molecule has 25 heavy (non-hydrogen) atoms. The second-order valence-corrected chi connectivity index (χ2v) is 6.01. The number of fused-ring (bicyclic) bond motifs is 4. The number of H-pyrrole nitrogens is 1. The molecule has 2 aliphatic rings. The first kappa shape index (κ1) is 14.0. The molecule has 0 saturated heterocycles. The van der Waals surface area contributed by atoms with Crippen molar-refractivity contribution in [2.75, 3.05) is 13.1 Å². The molecular weight excluding hydrogens is 314 g/mol. The third kappa shape index (κ3) is 2.15. The number of carbonyl (C=O) groups excluding carboxylic acids is 1. The average Bonchev–Trinajstić information content (AvgIpc) is 3.31. The van der Waals surface area contributed by atoms with Crippen molar-refractivity contribution in [1.82, 2.24) is 15.2 Å². The molecule has 0 fully saturated rings. The Bertz CT molecular complexity index is 1060. The van der Waals surface area contributed by atoms with Gasteiger partial charge in [-0.15, -0.1) is 0 Å². The summed E-state index contributed by atoms with van der Waals surface area (Å²) in [5, 5.41) is 3.87. The zero-order chi connectivity index (χ0) is 16.8. The van der Waals surface area contributed by atoms with Crippen LogP contribution in [-0.2, 0) is 0 Å². The fraction of sp³-hybridized carbons (Fsp3) is 0.105. The highest BCUT2D eigenvalue weighted by molar-refractivity contribution is 6.20. The summed E-state index contributed by atoms with van der Waals surface area (Å²) >= 11 is 0. The lowest BCUT2D eigenvalue weighted by Crippen LogP contribution is -2.47. The smallest absolute Gasteiger partial charge is 0.258 e. The summed E-state index contributed by atoms with van der Waals surface area (Å²) in [5.74, 6) is 1.24. The van der Waals surface area contributed by atoms with Gasteiger partial charge >= 0.3 is 0 Å². The number of nitrogens with one attached hydrogen (secondary N) is 2. The van der Waals surface area contributed by atoms with Gasteiger partial charge in [0.05, 0.1) is 12.2 Å². The van der Waals surface area contributed by atoms with E-state index in [0.29, 0.717) is 18.1 Å². The van der Waals surface area contributed by atoms with Gasteiger partial charge in [0.1, 0.15) is 5.84 Å². The Morgan fingerprint density at radius 1 is 1.12 bits per heavy atom. The number of aromatic amines is 1. The Balaban J connectivity index is 1.54. The van der Waals surface area contributed by atoms with Crippen LogP contribution in [0.3, 0.4) is 0 Å². The highest BCUT2D eigenvalue weighted by Gasteiger charge is 2.30. The lowest BCUT2D eigenvalue weighted by atomic mass is 10.1. The summed E-state index contributed by atoms with van der Waals surface area (Å²) in [4.78, 5) is 27.2. The number of amidine groups is 1. The van der Waals surface area contributed by atoms with Crippen molar-refractivity contribution >= 4 is 34.3 Å². The maximum absolute atomic E-state index is 12.9. The van der Waals surface area contributed by atoms with Crippen molar-refractivity contribution in [3.05, 3.63) is 65.9 Å². The third-order valence-corrected chi connectivity index (χ3v) is 4.53. The van der Waals surface area contributed by atoms with Crippen molar-refractivity contribution in [3.8, 4) is 0 Å². The molecular formula is C19H15N5O. The molecule has 0 saturated carbocycles. The summed E-state index contributed by atoms with van der Waals surface area (Å²) in [5.41, 5.74) is 3.39. The number of aliphatic imine (C=N–C) groups is 2. The Kier molecular flexibility index (Phi) is 2.97. The lowest BCUT2D eigenvalue weighted by molar-refractivity contribution is 0.0975. The zero-order valence-corrected chi connectivity index (χ0v) is 13.4. The third-order valence-electron chi connectivity index (χ3n) is 4.53. The van der Waals surface area contributed by atoms with E-state index >= 15 is 0 Å². The zero-order valence-electron chi connectivity index (χ0n) is 13.4. The molecule has 122 valence electrons. The van der Waals surface area contributed by atoms with E-state index in [1.807, 2.05) is 59.6 Å². The number of rotatable bonds is 1. The minimum absolute atomic E-state index is 0.172. The van der Waals surface area contributed by atoms with Crippen LogP contribution in [0.5, 0.6) is 0 Å². The number of aromatic nitrogens is 1. The SMILES string of the molecule is O=C(NC1=Nc2ccccc2C2=NCCN12)c1cccc2[nH]ccc12. The molecule has 3 aromatic rings. The molecule has 2 aliphatic heterocycles. The first-order valence-electron chi connectivity index (χ1n) is 8.19. The van der Waals surface area contributed by atoms with Crippen molar-refractivity contribution in [3.63, 3.8) is 0 Å². The van der Waals surface area contributed by atoms with Gasteiger partial charge in [-0.2, -0.15) is 0 Å². The van der Waals surface area contributed by atoms with Crippen molar-refractivity contribution < 1.29 is 4.79 Å². The van der Waals surface area contributed by atoms with Crippen LogP contribution in [0.4, 0.5) is 5.69 Å². The second-order valence-electron chi connectivity index (χ2n) is 6.01. The molecule has 5 rings (SSSR count). The number of para-hydroxylation sites is 1. The van der Waals surface area contributed by atoms with E-state index in [4.69, 9.17) is 0 Å². The first-order valence-corrected chi connectivity index (χ1v) is 8.19. The van der Waals surface area contributed by atoms with Gasteiger partial charge in [0.15, 0.2) is 0 Å². The number of hydrogen-bond acceptors (Lipinski definition) is 4. The number of nitrogens with zero attached hydrogens (tertiary/aromatic N) is 3. The molecule has 0 unspecified atom stereocenters. The number of guanidine groups is 1. The van der Waals surface area contributed by atoms with Gasteiger partial charge in [-0.3, -0.25) is 20.0 Å². The van der Waals surface area contributed by atoms with Gasteiger partial charge in [-0.05, 0) is 30.3 Å². The van der Waals surface area contributed by atoms with E-state index in [0.717, 1.165) is 34.5 Å². The van der Waals surface area contributed by atoms with Crippen LogP contribution in [0.15, 0.2) is 64.7 Å². The summed E-state index contributed by atoms with van der Waals surface area (Å²) in [6.45, 7) is 1.42. The van der Waals surface area contributed by atoms with Gasteiger partial charge in [0, 0.05) is 34.8 Å². The molecule has 2 aromatic carbocycles. The van der Waals surface area contributed by atoms with Gasteiger partial charge in [-0.1, -0.05) is 18.2 Å². The molecule has 6 heteroatoms. The average molecular weight is 329 g/mol. The predicted octanol–water partition coefficient (Wildman–Crippen LogP) is 2.66. The summed E-state index contributed by atoms with van der Waals surface area (Å²) in [6, 6.07) is 15.4. The Morgan fingerprint density at radius 3 is 3.00 bits per heavy atom. The molecule has 6 nitrogen and oxygen atoms in total. The maximum Gasteiger partial charge on any atom is 0.258 e. The molecule has 0 radical (unpaired) electrons. The standard InChI is InChI=1S/C19H15N5O/c25-18(13-5-3-7-15-12(13)8-9-20-15)23-19-22-16-6-2-1-4-14(16)17-21-10-11-24(17)19/h1-9,20H,10-11H2,(H,22,23,25). The van der Waals surface area contributed by atoms with Gasteiger partial charge in [0.2, 0.25) is 5.96 Å². The van der Waals surface area contributed by atoms with E-state index in [-0.39, 0.29) is 5.91 Å². The number of amides is 1. The van der Waals surface area contributed by atoms with E-state index in [1.54, 1.807) is 0 Å². The summed E-state index contributed by atoms with van der Waals surface area (Å²) in [7, 11) is 0. The van der Waals surface area contributed by atoms with Crippen LogP contribution in [0.25, 0.3) is 10.9 Å². The van der Waals surface area contributed by atoms with E-state index in [1.165, 1.54) is 0 Å². The lowest BCUT2D eigenvalue weighted by Gasteiger charge is -2.27. The summed E-state index contributed by atoms with van der Waals surface area (Å²) in [6.07, 6.45) is 1.83. The second kappa shape index (κ2) is 5.31.